The van der Waals surface area contributed by atoms with E-state index >= 15 is 0 Å². The van der Waals surface area contributed by atoms with Crippen molar-refractivity contribution in [2.24, 2.45) is 0 Å². The molecule has 2 aromatic heterocycles. The average Bonchev–Trinajstić information content (AvgIpc) is 3.07. The van der Waals surface area contributed by atoms with E-state index in [2.05, 4.69) is 11.0 Å². The molecular formula is C20H18Cl2N4O2S. The lowest BCUT2D eigenvalue weighted by atomic mass is 10.1. The van der Waals surface area contributed by atoms with E-state index in [-0.39, 0.29) is 9.92 Å². The van der Waals surface area contributed by atoms with Crippen molar-refractivity contribution in [2.75, 3.05) is 26.2 Å². The third kappa shape index (κ3) is 3.87. The number of hydrogen-bond donors (Lipinski definition) is 0. The fourth-order valence-corrected chi connectivity index (χ4v) is 5.77. The van der Waals surface area contributed by atoms with Crippen molar-refractivity contribution in [1.29, 1.82) is 5.26 Å². The van der Waals surface area contributed by atoms with Crippen LogP contribution in [0, 0.1) is 11.3 Å². The molecule has 0 radical (unpaired) electrons. The Kier molecular flexibility index (Phi) is 5.56. The van der Waals surface area contributed by atoms with Gasteiger partial charge in [-0.2, -0.15) is 9.57 Å². The van der Waals surface area contributed by atoms with Gasteiger partial charge in [-0.3, -0.25) is 4.90 Å². The van der Waals surface area contributed by atoms with Crippen LogP contribution in [0.3, 0.4) is 0 Å². The number of rotatable bonds is 4. The van der Waals surface area contributed by atoms with Crippen LogP contribution in [0.1, 0.15) is 11.1 Å². The second-order valence-electron chi connectivity index (χ2n) is 6.89. The molecule has 1 aliphatic heterocycles. The minimum Gasteiger partial charge on any atom is -0.322 e. The Bertz CT molecular complexity index is 1210. The van der Waals surface area contributed by atoms with E-state index in [0.717, 1.165) is 11.1 Å². The molecule has 150 valence electrons. The fraction of sp³-hybridized carbons (Fsp3) is 0.250. The highest BCUT2D eigenvalue weighted by atomic mass is 35.5. The molecule has 0 atom stereocenters. The van der Waals surface area contributed by atoms with Gasteiger partial charge in [0.05, 0.1) is 16.1 Å². The second kappa shape index (κ2) is 7.98. The molecule has 0 bridgehead atoms. The molecule has 1 aliphatic rings. The molecule has 1 fully saturated rings. The Morgan fingerprint density at radius 3 is 2.55 bits per heavy atom. The first-order valence-corrected chi connectivity index (χ1v) is 11.3. The molecule has 0 aliphatic carbocycles. The number of fused-ring (bicyclic) bond motifs is 1. The van der Waals surface area contributed by atoms with Crippen molar-refractivity contribution >= 4 is 38.7 Å². The van der Waals surface area contributed by atoms with Crippen LogP contribution in [0.5, 0.6) is 0 Å². The Morgan fingerprint density at radius 1 is 1.07 bits per heavy atom. The van der Waals surface area contributed by atoms with Gasteiger partial charge in [-0.25, -0.2) is 8.42 Å². The fourth-order valence-electron chi connectivity index (χ4n) is 3.61. The summed E-state index contributed by atoms with van der Waals surface area (Å²) in [5.41, 5.74) is 2.47. The van der Waals surface area contributed by atoms with Gasteiger partial charge in [-0.1, -0.05) is 29.3 Å². The smallest absolute Gasteiger partial charge is 0.244 e. The maximum Gasteiger partial charge on any atom is 0.244 e. The average molecular weight is 449 g/mol. The molecule has 0 spiro atoms. The number of halogens is 2. The van der Waals surface area contributed by atoms with Gasteiger partial charge in [0.15, 0.2) is 0 Å². The summed E-state index contributed by atoms with van der Waals surface area (Å²) in [5.74, 6) is 0. The molecule has 0 N–H and O–H groups in total. The van der Waals surface area contributed by atoms with E-state index in [0.29, 0.717) is 43.3 Å². The standard InChI is InChI=1S/C20H18Cl2N4O2S/c21-16-4-5-18(22)20(11-16)29(27,28)26-9-7-24(8-10-26)13-15-14-25-6-2-1-3-19(25)17(15)12-23/h1-6,11,14H,7-10,13H2. The van der Waals surface area contributed by atoms with E-state index in [4.69, 9.17) is 23.2 Å². The van der Waals surface area contributed by atoms with Crippen LogP contribution in [0.15, 0.2) is 53.7 Å². The van der Waals surface area contributed by atoms with Crippen molar-refractivity contribution < 1.29 is 8.42 Å². The Hall–Kier alpha value is -2.08. The van der Waals surface area contributed by atoms with Crippen LogP contribution in [-0.4, -0.2) is 48.2 Å². The number of nitriles is 1. The van der Waals surface area contributed by atoms with Gasteiger partial charge in [-0.15, -0.1) is 0 Å². The first-order valence-electron chi connectivity index (χ1n) is 9.06. The molecule has 4 rings (SSSR count). The van der Waals surface area contributed by atoms with Crippen LogP contribution >= 0.6 is 23.2 Å². The topological polar surface area (TPSA) is 68.8 Å². The highest BCUT2D eigenvalue weighted by Gasteiger charge is 2.30. The summed E-state index contributed by atoms with van der Waals surface area (Å²) < 4.78 is 29.3. The number of piperazine rings is 1. The molecule has 1 saturated heterocycles. The minimum atomic E-state index is -3.71. The maximum atomic E-state index is 13.0. The van der Waals surface area contributed by atoms with Gasteiger partial charge in [0.2, 0.25) is 10.0 Å². The number of nitrogens with zero attached hydrogens (tertiary/aromatic N) is 4. The molecule has 3 heterocycles. The molecule has 1 aromatic carbocycles. The number of benzene rings is 1. The quantitative estimate of drug-likeness (QED) is 0.610. The lowest BCUT2D eigenvalue weighted by Gasteiger charge is -2.34. The summed E-state index contributed by atoms with van der Waals surface area (Å²) >= 11 is 12.1. The lowest BCUT2D eigenvalue weighted by Crippen LogP contribution is -2.48. The number of pyridine rings is 1. The summed E-state index contributed by atoms with van der Waals surface area (Å²) in [4.78, 5) is 2.19. The molecular weight excluding hydrogens is 431 g/mol. The summed E-state index contributed by atoms with van der Waals surface area (Å²) in [6, 6.07) is 12.5. The van der Waals surface area contributed by atoms with Crippen LogP contribution < -0.4 is 0 Å². The SMILES string of the molecule is N#Cc1c(CN2CCN(S(=O)(=O)c3cc(Cl)ccc3Cl)CC2)cn2ccccc12. The normalized spacial score (nSPS) is 16.2. The molecule has 6 nitrogen and oxygen atoms in total. The number of aromatic nitrogens is 1. The Morgan fingerprint density at radius 2 is 1.83 bits per heavy atom. The van der Waals surface area contributed by atoms with Crippen molar-refractivity contribution in [1.82, 2.24) is 13.6 Å². The lowest BCUT2D eigenvalue weighted by molar-refractivity contribution is 0.181. The molecule has 9 heteroatoms. The van der Waals surface area contributed by atoms with Crippen molar-refractivity contribution in [3.63, 3.8) is 0 Å². The largest absolute Gasteiger partial charge is 0.322 e. The van der Waals surface area contributed by atoms with Gasteiger partial charge in [-0.05, 0) is 30.3 Å². The summed E-state index contributed by atoms with van der Waals surface area (Å²) in [7, 11) is -3.71. The van der Waals surface area contributed by atoms with Gasteiger partial charge in [0.1, 0.15) is 11.0 Å². The highest BCUT2D eigenvalue weighted by molar-refractivity contribution is 7.89. The molecule has 0 unspecified atom stereocenters. The molecule has 29 heavy (non-hydrogen) atoms. The minimum absolute atomic E-state index is 0.0329. The van der Waals surface area contributed by atoms with Crippen molar-refractivity contribution in [3.8, 4) is 6.07 Å². The second-order valence-corrected chi connectivity index (χ2v) is 9.64. The third-order valence-corrected chi connectivity index (χ3v) is 7.73. The highest BCUT2D eigenvalue weighted by Crippen LogP contribution is 2.28. The van der Waals surface area contributed by atoms with E-state index in [1.807, 2.05) is 35.0 Å². The zero-order valence-corrected chi connectivity index (χ0v) is 17.8. The zero-order valence-electron chi connectivity index (χ0n) is 15.4. The van der Waals surface area contributed by atoms with E-state index in [1.165, 1.54) is 16.4 Å². The van der Waals surface area contributed by atoms with Crippen LogP contribution in [0.2, 0.25) is 10.0 Å². The summed E-state index contributed by atoms with van der Waals surface area (Å²) in [5, 5.41) is 10.1. The molecule has 0 saturated carbocycles. The van der Waals surface area contributed by atoms with Crippen LogP contribution in [0.4, 0.5) is 0 Å². The predicted octanol–water partition coefficient (Wildman–Crippen LogP) is 3.62. The van der Waals surface area contributed by atoms with Gasteiger partial charge in [0.25, 0.3) is 0 Å². The Labute approximate surface area is 179 Å². The monoisotopic (exact) mass is 448 g/mol. The number of sulfonamides is 1. The van der Waals surface area contributed by atoms with Crippen LogP contribution in [0.25, 0.3) is 5.52 Å². The van der Waals surface area contributed by atoms with Gasteiger partial charge < -0.3 is 4.40 Å². The number of hydrogen-bond acceptors (Lipinski definition) is 4. The molecule has 0 amide bonds. The summed E-state index contributed by atoms with van der Waals surface area (Å²) in [6.07, 6.45) is 3.88. The predicted molar refractivity (Wildman–Crippen MR) is 113 cm³/mol. The van der Waals surface area contributed by atoms with Crippen molar-refractivity contribution in [3.05, 3.63) is 70.0 Å². The Balaban J connectivity index is 1.49. The van der Waals surface area contributed by atoms with Crippen LogP contribution in [-0.2, 0) is 16.6 Å². The zero-order chi connectivity index (χ0) is 20.6. The maximum absolute atomic E-state index is 13.0. The third-order valence-electron chi connectivity index (χ3n) is 5.11. The molecule has 3 aromatic rings. The van der Waals surface area contributed by atoms with Gasteiger partial charge >= 0.3 is 0 Å². The summed E-state index contributed by atoms with van der Waals surface area (Å²) in [6.45, 7) is 2.42. The van der Waals surface area contributed by atoms with E-state index in [1.54, 1.807) is 6.07 Å². The first kappa shape index (κ1) is 20.2. The van der Waals surface area contributed by atoms with Crippen molar-refractivity contribution in [2.45, 2.75) is 11.4 Å². The van der Waals surface area contributed by atoms with E-state index < -0.39 is 10.0 Å². The first-order chi connectivity index (χ1) is 13.9. The van der Waals surface area contributed by atoms with Gasteiger partial charge in [0, 0.05) is 55.7 Å². The van der Waals surface area contributed by atoms with E-state index in [9.17, 15) is 13.7 Å².